The summed E-state index contributed by atoms with van der Waals surface area (Å²) >= 11 is -1.53. The Morgan fingerprint density at radius 2 is 1.57 bits per heavy atom. The fourth-order valence-corrected chi connectivity index (χ4v) is 12.5. The van der Waals surface area contributed by atoms with Gasteiger partial charge in [-0.3, -0.25) is 18.6 Å². The van der Waals surface area contributed by atoms with E-state index in [1.807, 2.05) is 51.8 Å². The van der Waals surface area contributed by atoms with Gasteiger partial charge in [-0.2, -0.15) is 0 Å². The first-order chi connectivity index (χ1) is 22.5. The van der Waals surface area contributed by atoms with Crippen molar-refractivity contribution in [2.24, 2.45) is 34.5 Å². The second kappa shape index (κ2) is 10.6. The summed E-state index contributed by atoms with van der Waals surface area (Å²) in [5.41, 5.74) is -2.14. The number of carbonyl (C=O) groups is 1. The molecule has 0 saturated heterocycles. The van der Waals surface area contributed by atoms with Crippen molar-refractivity contribution in [3.63, 3.8) is 0 Å². The number of rotatable bonds is 6. The summed E-state index contributed by atoms with van der Waals surface area (Å²) in [5, 5.41) is 0.897. The summed E-state index contributed by atoms with van der Waals surface area (Å²) < 4.78 is 28.5. The van der Waals surface area contributed by atoms with Gasteiger partial charge in [-0.05, 0) is 91.9 Å². The Labute approximate surface area is 277 Å². The molecule has 3 saturated carbocycles. The van der Waals surface area contributed by atoms with Gasteiger partial charge in [-0.25, -0.2) is 13.6 Å². The van der Waals surface area contributed by atoms with Crippen LogP contribution in [0.15, 0.2) is 81.2 Å². The number of hydrogen-bond acceptors (Lipinski definition) is 6. The second-order valence-corrected chi connectivity index (χ2v) is 16.6. The number of nitrogens with zero attached hydrogens (tertiary/aromatic N) is 2. The van der Waals surface area contributed by atoms with Crippen LogP contribution in [0.4, 0.5) is 0 Å². The highest BCUT2D eigenvalue weighted by molar-refractivity contribution is 7.80. The average molecular weight is 657 g/mol. The van der Waals surface area contributed by atoms with Crippen LogP contribution < -0.4 is 11.1 Å². The maximum atomic E-state index is 14.9. The van der Waals surface area contributed by atoms with Gasteiger partial charge in [0.1, 0.15) is 6.10 Å². The first kappa shape index (κ1) is 31.0. The molecular weight excluding hydrogens is 612 g/mol. The standard InChI is InChI=1S/C38H44N2O6S/c1-24(23-45-47(44)27-10-6-5-7-11-27)30-14-15-31-35(30,3)18-17-32-36(4)19-16-26(46-25(2)41)22-37(36)20-21-38(31,32)40-34(43)29-13-9-8-12-28(29)33(42)39(37)40/h5-13,20-21,24,26,30-32H,14-19,22-23H2,1-4H3/t24-,26+,30-,31-,32-,35-,36-,37?,38?,47?/m1/s1. The van der Waals surface area contributed by atoms with Gasteiger partial charge in [0.25, 0.3) is 11.1 Å². The summed E-state index contributed by atoms with van der Waals surface area (Å²) in [6.07, 6.45) is 10.1. The number of ether oxygens (including phenoxy) is 1. The predicted octanol–water partition coefficient (Wildman–Crippen LogP) is 6.08. The van der Waals surface area contributed by atoms with Crippen molar-refractivity contribution in [1.82, 2.24) is 9.36 Å². The summed E-state index contributed by atoms with van der Waals surface area (Å²) in [5.74, 6) is 0.417. The minimum atomic E-state index is -1.53. The van der Waals surface area contributed by atoms with E-state index < -0.39 is 22.2 Å². The molecule has 6 aliphatic rings. The van der Waals surface area contributed by atoms with Gasteiger partial charge in [0, 0.05) is 18.8 Å². The topological polar surface area (TPSA) is 96.6 Å². The van der Waals surface area contributed by atoms with E-state index >= 15 is 0 Å². The summed E-state index contributed by atoms with van der Waals surface area (Å²) in [6, 6.07) is 16.5. The van der Waals surface area contributed by atoms with Crippen LogP contribution in [0.25, 0.3) is 10.8 Å². The quantitative estimate of drug-likeness (QED) is 0.236. The third-order valence-corrected chi connectivity index (χ3v) is 14.5. The highest BCUT2D eigenvalue weighted by Gasteiger charge is 2.74. The maximum Gasteiger partial charge on any atom is 0.302 e. The lowest BCUT2D eigenvalue weighted by molar-refractivity contribution is -0.206. The van der Waals surface area contributed by atoms with Gasteiger partial charge in [0.2, 0.25) is 0 Å². The molecule has 8 nitrogen and oxygen atoms in total. The Balaban J connectivity index is 1.25. The predicted molar refractivity (Wildman–Crippen MR) is 180 cm³/mol. The summed E-state index contributed by atoms with van der Waals surface area (Å²) in [6.45, 7) is 8.77. The third kappa shape index (κ3) is 4.02. The van der Waals surface area contributed by atoms with Gasteiger partial charge in [-0.1, -0.05) is 63.3 Å². The fraction of sp³-hybridized carbons (Fsp3) is 0.553. The van der Waals surface area contributed by atoms with Crippen LogP contribution in [0.2, 0.25) is 0 Å². The number of fused-ring (bicyclic) bond motifs is 2. The molecule has 0 amide bonds. The van der Waals surface area contributed by atoms with Crippen LogP contribution in [-0.2, 0) is 35.9 Å². The minimum absolute atomic E-state index is 0.118. The zero-order chi connectivity index (χ0) is 32.9. The Hall–Kier alpha value is -3.30. The van der Waals surface area contributed by atoms with Crippen LogP contribution in [-0.4, -0.2) is 32.3 Å². The van der Waals surface area contributed by atoms with E-state index in [1.54, 1.807) is 12.1 Å². The van der Waals surface area contributed by atoms with E-state index in [0.717, 1.165) is 38.5 Å². The van der Waals surface area contributed by atoms with Crippen LogP contribution in [0.5, 0.6) is 0 Å². The number of carbonyl (C=O) groups excluding carboxylic acids is 1. The van der Waals surface area contributed by atoms with Crippen molar-refractivity contribution < 1.29 is 17.9 Å². The molecule has 2 bridgehead atoms. The lowest BCUT2D eigenvalue weighted by atomic mass is 9.40. The molecule has 1 aromatic heterocycles. The van der Waals surface area contributed by atoms with E-state index in [2.05, 4.69) is 32.9 Å². The lowest BCUT2D eigenvalue weighted by Crippen LogP contribution is -2.78. The largest absolute Gasteiger partial charge is 0.462 e. The van der Waals surface area contributed by atoms with E-state index in [9.17, 15) is 18.6 Å². The molecule has 0 N–H and O–H groups in total. The molecule has 0 radical (unpaired) electrons. The number of aromatic nitrogens is 2. The molecule has 47 heavy (non-hydrogen) atoms. The molecular formula is C38H44N2O6S. The molecule has 3 unspecified atom stereocenters. The van der Waals surface area contributed by atoms with E-state index in [1.165, 1.54) is 6.92 Å². The van der Waals surface area contributed by atoms with Crippen molar-refractivity contribution >= 4 is 27.8 Å². The monoisotopic (exact) mass is 656 g/mol. The first-order valence-corrected chi connectivity index (χ1v) is 18.3. The van der Waals surface area contributed by atoms with Crippen molar-refractivity contribution in [3.8, 4) is 0 Å². The van der Waals surface area contributed by atoms with Crippen LogP contribution in [0, 0.1) is 34.5 Å². The van der Waals surface area contributed by atoms with Crippen molar-refractivity contribution in [2.45, 2.75) is 94.7 Å². The van der Waals surface area contributed by atoms with Crippen LogP contribution in [0.1, 0.15) is 72.6 Å². The van der Waals surface area contributed by atoms with Gasteiger partial charge in [-0.15, -0.1) is 0 Å². The highest BCUT2D eigenvalue weighted by atomic mass is 32.2. The molecule has 3 fully saturated rings. The first-order valence-electron chi connectivity index (χ1n) is 17.2. The van der Waals surface area contributed by atoms with Gasteiger partial charge in [0.05, 0.1) is 33.4 Å². The maximum absolute atomic E-state index is 14.9. The Kier molecular flexibility index (Phi) is 6.99. The number of hydrogen-bond donors (Lipinski definition) is 0. The molecule has 2 aromatic carbocycles. The van der Waals surface area contributed by atoms with E-state index in [4.69, 9.17) is 8.92 Å². The Morgan fingerprint density at radius 3 is 2.28 bits per heavy atom. The molecule has 10 atom stereocenters. The van der Waals surface area contributed by atoms with E-state index in [-0.39, 0.29) is 51.8 Å². The SMILES string of the molecule is CC(=O)O[C@H]1CC[C@]2(C)[C@H]3CC[C@]4(C)[C@@H]([C@H](C)COS(=O)c5ccccc5)CC[C@H]4C34C=CC2(C1)n1c(=O)c2ccccc2c(=O)n14. The van der Waals surface area contributed by atoms with Gasteiger partial charge < -0.3 is 4.74 Å². The van der Waals surface area contributed by atoms with Crippen molar-refractivity contribution in [1.29, 1.82) is 0 Å². The van der Waals surface area contributed by atoms with Gasteiger partial charge >= 0.3 is 5.97 Å². The second-order valence-electron chi connectivity index (χ2n) is 15.5. The smallest absolute Gasteiger partial charge is 0.302 e. The molecule has 9 rings (SSSR count). The number of allylic oxidation sites excluding steroid dienone is 2. The zero-order valence-electron chi connectivity index (χ0n) is 27.6. The molecule has 3 aromatic rings. The molecule has 9 heteroatoms. The zero-order valence-corrected chi connectivity index (χ0v) is 28.5. The van der Waals surface area contributed by atoms with Crippen LogP contribution in [0.3, 0.4) is 0 Å². The van der Waals surface area contributed by atoms with Crippen molar-refractivity contribution in [2.75, 3.05) is 6.61 Å². The van der Waals surface area contributed by atoms with E-state index in [0.29, 0.717) is 34.6 Å². The average Bonchev–Trinajstić information content (AvgIpc) is 3.43. The summed E-state index contributed by atoms with van der Waals surface area (Å²) in [7, 11) is 0. The van der Waals surface area contributed by atoms with Crippen LogP contribution >= 0.6 is 0 Å². The third-order valence-electron chi connectivity index (χ3n) is 13.5. The Morgan fingerprint density at radius 1 is 0.894 bits per heavy atom. The fourth-order valence-electron chi connectivity index (χ4n) is 11.6. The molecule has 4 aliphatic carbocycles. The molecule has 2 spiro atoms. The highest BCUT2D eigenvalue weighted by Crippen LogP contribution is 2.74. The normalized spacial score (nSPS) is 37.8. The van der Waals surface area contributed by atoms with Crippen molar-refractivity contribution in [3.05, 3.63) is 87.5 Å². The molecule has 2 aliphatic heterocycles. The minimum Gasteiger partial charge on any atom is -0.462 e. The number of benzene rings is 2. The van der Waals surface area contributed by atoms with Gasteiger partial charge in [0.15, 0.2) is 11.1 Å². The summed E-state index contributed by atoms with van der Waals surface area (Å²) in [4.78, 5) is 42.4. The molecule has 3 heterocycles. The molecule has 248 valence electrons. The lowest BCUT2D eigenvalue weighted by Gasteiger charge is -2.72. The number of esters is 1. The Bertz CT molecular complexity index is 1950.